The largest absolute Gasteiger partial charge is 0.326 e. The lowest BCUT2D eigenvalue weighted by Gasteiger charge is -2.04. The average molecular weight is 205 g/mol. The quantitative estimate of drug-likeness (QED) is 0.814. The summed E-state index contributed by atoms with van der Waals surface area (Å²) in [5.41, 5.74) is 7.77. The van der Waals surface area contributed by atoms with Gasteiger partial charge >= 0.3 is 0 Å². The highest BCUT2D eigenvalue weighted by atomic mass is 16.2. The van der Waals surface area contributed by atoms with Crippen molar-refractivity contribution in [2.24, 2.45) is 0 Å². The normalized spacial score (nSPS) is 9.67. The fraction of sp³-hybridized carbons (Fsp3) is 0.273. The molecule has 0 aromatic heterocycles. The summed E-state index contributed by atoms with van der Waals surface area (Å²) in [6, 6.07) is 6.39. The van der Waals surface area contributed by atoms with E-state index in [-0.39, 0.29) is 11.5 Å². The van der Waals surface area contributed by atoms with E-state index < -0.39 is 5.91 Å². The molecule has 0 saturated heterocycles. The Morgan fingerprint density at radius 3 is 2.73 bits per heavy atom. The van der Waals surface area contributed by atoms with E-state index in [9.17, 15) is 9.59 Å². The number of hydrogen-bond acceptors (Lipinski definition) is 2. The van der Waals surface area contributed by atoms with Crippen LogP contribution < -0.4 is 11.1 Å². The Kier molecular flexibility index (Phi) is 3.85. The highest BCUT2D eigenvalue weighted by Gasteiger charge is 2.04. The number of benzene rings is 1. The van der Waals surface area contributed by atoms with Crippen LogP contribution in [0.15, 0.2) is 24.3 Å². The average Bonchev–Trinajstić information content (AvgIpc) is 2.18. The molecule has 0 atom stereocenters. The van der Waals surface area contributed by atoms with E-state index in [0.717, 1.165) is 6.42 Å². The number of anilines is 1. The molecule has 0 fully saturated rings. The monoisotopic (exact) mass is 205 g/mol. The molecule has 0 saturated carbocycles. The molecule has 0 bridgehead atoms. The molecule has 1 rings (SSSR count). The molecule has 0 heterocycles. The molecule has 0 spiro atoms. The Morgan fingerprint density at radius 2 is 2.13 bits per heavy atom. The van der Waals surface area contributed by atoms with E-state index >= 15 is 0 Å². The van der Waals surface area contributed by atoms with Crippen molar-refractivity contribution in [3.8, 4) is 0 Å². The van der Waals surface area contributed by atoms with Crippen LogP contribution in [0.2, 0.25) is 0 Å². The van der Waals surface area contributed by atoms with E-state index in [1.54, 1.807) is 18.2 Å². The molecule has 2 amide bonds. The molecule has 79 valence electrons. The lowest BCUT2D eigenvalue weighted by atomic mass is 10.2. The Balaban J connectivity index is 2.73. The van der Waals surface area contributed by atoms with Gasteiger partial charge in [-0.2, -0.15) is 0 Å². The molecule has 1 aromatic carbocycles. The zero-order valence-electron chi connectivity index (χ0n) is 8.54. The molecule has 4 heteroatoms. The molecule has 1 aromatic rings. The van der Waals surface area contributed by atoms with Crippen LogP contribution in [0.5, 0.6) is 0 Å². The second kappa shape index (κ2) is 5.14. The van der Waals surface area contributed by atoms with Crippen LogP contribution in [0.1, 0.15) is 30.1 Å². The Hall–Kier alpha value is -1.84. The van der Waals surface area contributed by atoms with Crippen molar-refractivity contribution in [1.29, 1.82) is 0 Å². The standard InChI is InChI=1S/C11H13N2O2/c1-2-4-10(14)13-9-6-3-5-8(7-9)11(12)15/h3,5-7,12H,2,4H2,1H3,(H,13,14). The van der Waals surface area contributed by atoms with E-state index in [0.29, 0.717) is 12.1 Å². The second-order valence-electron chi connectivity index (χ2n) is 3.21. The Labute approximate surface area is 88.5 Å². The number of carbonyl (C=O) groups excluding carboxylic acids is 2. The van der Waals surface area contributed by atoms with Crippen LogP contribution in [-0.4, -0.2) is 11.8 Å². The van der Waals surface area contributed by atoms with Crippen LogP contribution in [-0.2, 0) is 4.79 Å². The number of hydrogen-bond donors (Lipinski definition) is 1. The fourth-order valence-corrected chi connectivity index (χ4v) is 1.19. The van der Waals surface area contributed by atoms with E-state index in [1.165, 1.54) is 6.07 Å². The Morgan fingerprint density at radius 1 is 1.40 bits per heavy atom. The molecule has 1 radical (unpaired) electrons. The van der Waals surface area contributed by atoms with Gasteiger partial charge in [-0.15, -0.1) is 0 Å². The van der Waals surface area contributed by atoms with Crippen molar-refractivity contribution >= 4 is 17.5 Å². The van der Waals surface area contributed by atoms with Gasteiger partial charge in [0, 0.05) is 17.7 Å². The number of carbonyl (C=O) groups is 2. The topological polar surface area (TPSA) is 70.0 Å². The number of nitrogens with one attached hydrogen (secondary N) is 2. The molecule has 15 heavy (non-hydrogen) atoms. The first-order valence-corrected chi connectivity index (χ1v) is 4.79. The summed E-state index contributed by atoms with van der Waals surface area (Å²) >= 11 is 0. The van der Waals surface area contributed by atoms with Gasteiger partial charge in [-0.05, 0) is 24.6 Å². The van der Waals surface area contributed by atoms with E-state index in [1.807, 2.05) is 6.92 Å². The van der Waals surface area contributed by atoms with E-state index in [4.69, 9.17) is 5.73 Å². The highest BCUT2D eigenvalue weighted by Crippen LogP contribution is 2.10. The Bertz CT molecular complexity index is 375. The maximum absolute atomic E-state index is 11.3. The predicted octanol–water partition coefficient (Wildman–Crippen LogP) is 1.85. The smallest absolute Gasteiger partial charge is 0.269 e. The summed E-state index contributed by atoms with van der Waals surface area (Å²) in [5.74, 6) is -0.825. The molecule has 0 unspecified atom stereocenters. The maximum atomic E-state index is 11.3. The van der Waals surface area contributed by atoms with Gasteiger partial charge in [0.25, 0.3) is 5.91 Å². The van der Waals surface area contributed by atoms with Crippen molar-refractivity contribution in [3.63, 3.8) is 0 Å². The molecule has 0 aliphatic rings. The van der Waals surface area contributed by atoms with Gasteiger partial charge in [0.15, 0.2) is 0 Å². The summed E-state index contributed by atoms with van der Waals surface area (Å²) < 4.78 is 0. The van der Waals surface area contributed by atoms with Gasteiger partial charge in [0.2, 0.25) is 5.91 Å². The summed E-state index contributed by atoms with van der Waals surface area (Å²) in [4.78, 5) is 22.0. The highest BCUT2D eigenvalue weighted by molar-refractivity contribution is 5.95. The van der Waals surface area contributed by atoms with Crippen LogP contribution in [0.25, 0.3) is 0 Å². The lowest BCUT2D eigenvalue weighted by Crippen LogP contribution is -2.11. The van der Waals surface area contributed by atoms with Gasteiger partial charge in [-0.25, -0.2) is 0 Å². The molecule has 0 aliphatic carbocycles. The summed E-state index contributed by atoms with van der Waals surface area (Å²) in [6.07, 6.45) is 1.24. The third-order valence-corrected chi connectivity index (χ3v) is 1.89. The molecular formula is C11H13N2O2. The van der Waals surface area contributed by atoms with Gasteiger partial charge in [0.05, 0.1) is 0 Å². The third kappa shape index (κ3) is 3.42. The van der Waals surface area contributed by atoms with Crippen molar-refractivity contribution in [1.82, 2.24) is 5.73 Å². The molecule has 4 nitrogen and oxygen atoms in total. The predicted molar refractivity (Wildman–Crippen MR) is 57.4 cm³/mol. The summed E-state index contributed by atoms with van der Waals surface area (Å²) in [7, 11) is 0. The summed E-state index contributed by atoms with van der Waals surface area (Å²) in [6.45, 7) is 1.92. The first-order chi connectivity index (χ1) is 7.13. The molecule has 0 aliphatic heterocycles. The van der Waals surface area contributed by atoms with Crippen LogP contribution in [0, 0.1) is 0 Å². The second-order valence-corrected chi connectivity index (χ2v) is 3.21. The minimum Gasteiger partial charge on any atom is -0.326 e. The van der Waals surface area contributed by atoms with Gasteiger partial charge in [-0.1, -0.05) is 13.0 Å². The SMILES string of the molecule is CCCC(=O)Nc1cccc(C([NH])=O)c1. The van der Waals surface area contributed by atoms with Gasteiger partial charge < -0.3 is 5.32 Å². The van der Waals surface area contributed by atoms with Crippen LogP contribution >= 0.6 is 0 Å². The third-order valence-electron chi connectivity index (χ3n) is 1.89. The van der Waals surface area contributed by atoms with Crippen LogP contribution in [0.3, 0.4) is 0 Å². The van der Waals surface area contributed by atoms with Crippen molar-refractivity contribution in [2.75, 3.05) is 5.32 Å². The molecular weight excluding hydrogens is 192 g/mol. The first kappa shape index (κ1) is 11.2. The number of amides is 2. The number of rotatable bonds is 4. The van der Waals surface area contributed by atoms with Crippen molar-refractivity contribution < 1.29 is 9.59 Å². The van der Waals surface area contributed by atoms with Crippen LogP contribution in [0.4, 0.5) is 5.69 Å². The zero-order chi connectivity index (χ0) is 11.3. The zero-order valence-corrected chi connectivity index (χ0v) is 8.54. The molecule has 2 N–H and O–H groups in total. The van der Waals surface area contributed by atoms with E-state index in [2.05, 4.69) is 5.32 Å². The first-order valence-electron chi connectivity index (χ1n) is 4.79. The fourth-order valence-electron chi connectivity index (χ4n) is 1.19. The minimum atomic E-state index is -0.749. The minimum absolute atomic E-state index is 0.0768. The summed E-state index contributed by atoms with van der Waals surface area (Å²) in [5, 5.41) is 2.66. The van der Waals surface area contributed by atoms with Crippen molar-refractivity contribution in [3.05, 3.63) is 29.8 Å². The van der Waals surface area contributed by atoms with Crippen molar-refractivity contribution in [2.45, 2.75) is 19.8 Å². The van der Waals surface area contributed by atoms with Gasteiger partial charge in [0.1, 0.15) is 0 Å². The maximum Gasteiger partial charge on any atom is 0.269 e. The lowest BCUT2D eigenvalue weighted by molar-refractivity contribution is -0.116. The van der Waals surface area contributed by atoms with Gasteiger partial charge in [-0.3, -0.25) is 15.3 Å².